The first-order valence-corrected chi connectivity index (χ1v) is 7.08. The van der Waals surface area contributed by atoms with Gasteiger partial charge in [-0.1, -0.05) is 29.4 Å². The Morgan fingerprint density at radius 1 is 1.33 bits per heavy atom. The molecule has 4 N–H and O–H groups in total. The van der Waals surface area contributed by atoms with Crippen LogP contribution in [0.4, 0.5) is 5.69 Å². The Labute approximate surface area is 131 Å². The predicted octanol–water partition coefficient (Wildman–Crippen LogP) is 3.16. The van der Waals surface area contributed by atoms with Crippen molar-refractivity contribution in [2.24, 2.45) is 10.9 Å². The lowest BCUT2D eigenvalue weighted by Crippen LogP contribution is -2.16. The molecule has 21 heavy (non-hydrogen) atoms. The van der Waals surface area contributed by atoms with E-state index < -0.39 is 0 Å². The zero-order chi connectivity index (χ0) is 15.2. The third kappa shape index (κ3) is 3.66. The molecule has 0 saturated heterocycles. The van der Waals surface area contributed by atoms with Crippen molar-refractivity contribution < 1.29 is 9.94 Å². The van der Waals surface area contributed by atoms with Crippen molar-refractivity contribution in [1.82, 2.24) is 0 Å². The molecule has 6 heteroatoms. The first kappa shape index (κ1) is 15.2. The highest BCUT2D eigenvalue weighted by Crippen LogP contribution is 2.27. The summed E-state index contributed by atoms with van der Waals surface area (Å²) in [7, 11) is 1.63. The zero-order valence-electron chi connectivity index (χ0n) is 11.5. The number of rotatable bonds is 5. The van der Waals surface area contributed by atoms with Crippen LogP contribution in [0.15, 0.2) is 52.1 Å². The Morgan fingerprint density at radius 2 is 2.10 bits per heavy atom. The molecule has 5 nitrogen and oxygen atoms in total. The van der Waals surface area contributed by atoms with Gasteiger partial charge >= 0.3 is 0 Å². The van der Waals surface area contributed by atoms with Gasteiger partial charge in [0.2, 0.25) is 0 Å². The minimum atomic E-state index is 0.0945. The average Bonchev–Trinajstić information content (AvgIpc) is 2.53. The fourth-order valence-corrected chi connectivity index (χ4v) is 2.32. The molecule has 0 amide bonds. The number of nitrogens with zero attached hydrogens (tertiary/aromatic N) is 1. The SMILES string of the molecule is COc1ccc(Br)c(NCc2ccccc2C(N)=NO)c1. The van der Waals surface area contributed by atoms with Crippen LogP contribution in [-0.2, 0) is 6.54 Å². The topological polar surface area (TPSA) is 79.9 Å². The van der Waals surface area contributed by atoms with Crippen LogP contribution in [-0.4, -0.2) is 18.2 Å². The molecule has 110 valence electrons. The summed E-state index contributed by atoms with van der Waals surface area (Å²) < 4.78 is 6.14. The van der Waals surface area contributed by atoms with Crippen molar-refractivity contribution in [3.05, 3.63) is 58.1 Å². The number of ether oxygens (including phenoxy) is 1. The largest absolute Gasteiger partial charge is 0.497 e. The normalized spacial score (nSPS) is 11.2. The van der Waals surface area contributed by atoms with Crippen LogP contribution in [0.3, 0.4) is 0 Å². The van der Waals surface area contributed by atoms with E-state index in [2.05, 4.69) is 26.4 Å². The van der Waals surface area contributed by atoms with E-state index in [1.807, 2.05) is 42.5 Å². The summed E-state index contributed by atoms with van der Waals surface area (Å²) in [6, 6.07) is 13.2. The van der Waals surface area contributed by atoms with E-state index in [1.165, 1.54) is 0 Å². The number of amidine groups is 1. The molecule has 0 saturated carbocycles. The van der Waals surface area contributed by atoms with Crippen LogP contribution in [0.25, 0.3) is 0 Å². The van der Waals surface area contributed by atoms with Crippen molar-refractivity contribution >= 4 is 27.5 Å². The highest BCUT2D eigenvalue weighted by Gasteiger charge is 2.07. The lowest BCUT2D eigenvalue weighted by atomic mass is 10.1. The number of methoxy groups -OCH3 is 1. The summed E-state index contributed by atoms with van der Waals surface area (Å²) in [5, 5.41) is 15.2. The van der Waals surface area contributed by atoms with Crippen LogP contribution >= 0.6 is 15.9 Å². The standard InChI is InChI=1S/C15H16BrN3O2/c1-21-11-6-7-13(16)14(8-11)18-9-10-4-2-3-5-12(10)15(17)19-20/h2-8,18,20H,9H2,1H3,(H2,17,19). The number of halogens is 1. The molecule has 0 bridgehead atoms. The van der Waals surface area contributed by atoms with Gasteiger partial charge in [0.05, 0.1) is 12.8 Å². The minimum Gasteiger partial charge on any atom is -0.497 e. The molecule has 2 rings (SSSR count). The highest BCUT2D eigenvalue weighted by atomic mass is 79.9. The van der Waals surface area contributed by atoms with E-state index >= 15 is 0 Å². The monoisotopic (exact) mass is 349 g/mol. The molecule has 0 aliphatic carbocycles. The van der Waals surface area contributed by atoms with Gasteiger partial charge in [-0.2, -0.15) is 0 Å². The molecule has 0 radical (unpaired) electrons. The average molecular weight is 350 g/mol. The Kier molecular flexibility index (Phi) is 5.05. The summed E-state index contributed by atoms with van der Waals surface area (Å²) >= 11 is 3.49. The molecule has 0 atom stereocenters. The van der Waals surface area contributed by atoms with E-state index in [0.29, 0.717) is 12.1 Å². The predicted molar refractivity (Wildman–Crippen MR) is 87.0 cm³/mol. The molecule has 0 heterocycles. The van der Waals surface area contributed by atoms with Gasteiger partial charge < -0.3 is 21.0 Å². The highest BCUT2D eigenvalue weighted by molar-refractivity contribution is 9.10. The number of hydrogen-bond donors (Lipinski definition) is 3. The summed E-state index contributed by atoms with van der Waals surface area (Å²) in [5.41, 5.74) is 8.22. The summed E-state index contributed by atoms with van der Waals surface area (Å²) in [5.74, 6) is 0.863. The molecule has 2 aromatic carbocycles. The van der Waals surface area contributed by atoms with Crippen molar-refractivity contribution in [2.45, 2.75) is 6.54 Å². The Balaban J connectivity index is 2.21. The number of anilines is 1. The molecule has 2 aromatic rings. The number of nitrogens with one attached hydrogen (secondary N) is 1. The second kappa shape index (κ2) is 6.99. The van der Waals surface area contributed by atoms with Crippen LogP contribution in [0.2, 0.25) is 0 Å². The molecular formula is C15H16BrN3O2. The number of hydrogen-bond acceptors (Lipinski definition) is 4. The fraction of sp³-hybridized carbons (Fsp3) is 0.133. The summed E-state index contributed by atoms with van der Waals surface area (Å²) in [4.78, 5) is 0. The van der Waals surface area contributed by atoms with Gasteiger partial charge in [0.1, 0.15) is 5.75 Å². The zero-order valence-corrected chi connectivity index (χ0v) is 13.1. The third-order valence-corrected chi connectivity index (χ3v) is 3.74. The Bertz CT molecular complexity index is 659. The number of benzene rings is 2. The van der Waals surface area contributed by atoms with E-state index in [1.54, 1.807) is 7.11 Å². The van der Waals surface area contributed by atoms with E-state index in [-0.39, 0.29) is 5.84 Å². The molecule has 0 aliphatic heterocycles. The van der Waals surface area contributed by atoms with Gasteiger partial charge in [0.25, 0.3) is 0 Å². The van der Waals surface area contributed by atoms with E-state index in [9.17, 15) is 0 Å². The van der Waals surface area contributed by atoms with Crippen LogP contribution < -0.4 is 15.8 Å². The van der Waals surface area contributed by atoms with Gasteiger partial charge in [0.15, 0.2) is 5.84 Å². The number of oxime groups is 1. The quantitative estimate of drug-likeness (QED) is 0.335. The lowest BCUT2D eigenvalue weighted by molar-refractivity contribution is 0.318. The van der Waals surface area contributed by atoms with Crippen LogP contribution in [0.5, 0.6) is 5.75 Å². The fourth-order valence-electron chi connectivity index (χ4n) is 1.94. The molecular weight excluding hydrogens is 334 g/mol. The molecule has 0 aromatic heterocycles. The maximum absolute atomic E-state index is 8.83. The van der Waals surface area contributed by atoms with Gasteiger partial charge in [-0.15, -0.1) is 0 Å². The third-order valence-electron chi connectivity index (χ3n) is 3.04. The molecule has 0 aliphatic rings. The molecule has 0 spiro atoms. The second-order valence-electron chi connectivity index (χ2n) is 4.34. The van der Waals surface area contributed by atoms with Crippen molar-refractivity contribution in [3.8, 4) is 5.75 Å². The second-order valence-corrected chi connectivity index (χ2v) is 5.20. The van der Waals surface area contributed by atoms with Gasteiger partial charge in [-0.3, -0.25) is 0 Å². The first-order chi connectivity index (χ1) is 10.2. The summed E-state index contributed by atoms with van der Waals surface area (Å²) in [6.45, 7) is 0.540. The van der Waals surface area contributed by atoms with E-state index in [0.717, 1.165) is 21.5 Å². The maximum atomic E-state index is 8.83. The van der Waals surface area contributed by atoms with Gasteiger partial charge in [-0.05, 0) is 33.6 Å². The minimum absolute atomic E-state index is 0.0945. The van der Waals surface area contributed by atoms with Crippen molar-refractivity contribution in [2.75, 3.05) is 12.4 Å². The number of nitrogens with two attached hydrogens (primary N) is 1. The van der Waals surface area contributed by atoms with Crippen molar-refractivity contribution in [3.63, 3.8) is 0 Å². The Hall–Kier alpha value is -2.21. The Morgan fingerprint density at radius 3 is 2.81 bits per heavy atom. The van der Waals surface area contributed by atoms with Gasteiger partial charge in [-0.25, -0.2) is 0 Å². The first-order valence-electron chi connectivity index (χ1n) is 6.29. The van der Waals surface area contributed by atoms with E-state index in [4.69, 9.17) is 15.7 Å². The smallest absolute Gasteiger partial charge is 0.170 e. The summed E-state index contributed by atoms with van der Waals surface area (Å²) in [6.07, 6.45) is 0. The molecule has 0 fully saturated rings. The molecule has 0 unspecified atom stereocenters. The lowest BCUT2D eigenvalue weighted by Gasteiger charge is -2.12. The van der Waals surface area contributed by atoms with Crippen molar-refractivity contribution in [1.29, 1.82) is 0 Å². The van der Waals surface area contributed by atoms with Crippen LogP contribution in [0, 0.1) is 0 Å². The van der Waals surface area contributed by atoms with Crippen LogP contribution in [0.1, 0.15) is 11.1 Å². The maximum Gasteiger partial charge on any atom is 0.170 e. The van der Waals surface area contributed by atoms with Gasteiger partial charge in [0, 0.05) is 22.6 Å².